The number of amides is 1. The molecule has 0 aliphatic carbocycles. The summed E-state index contributed by atoms with van der Waals surface area (Å²) >= 11 is 3.47. The quantitative estimate of drug-likeness (QED) is 0.615. The van der Waals surface area contributed by atoms with Crippen LogP contribution in [0, 0.1) is 13.8 Å². The highest BCUT2D eigenvalue weighted by molar-refractivity contribution is 7.99. The molecule has 144 valence electrons. The lowest BCUT2D eigenvalue weighted by Crippen LogP contribution is -2.18. The van der Waals surface area contributed by atoms with Gasteiger partial charge in [-0.25, -0.2) is 4.68 Å². The molecule has 1 aromatic heterocycles. The maximum Gasteiger partial charge on any atom is 0.235 e. The number of nitrogens with zero attached hydrogens (tertiary/aromatic N) is 2. The van der Waals surface area contributed by atoms with Crippen molar-refractivity contribution in [2.45, 2.75) is 31.1 Å². The highest BCUT2D eigenvalue weighted by Gasteiger charge is 2.25. The average molecular weight is 410 g/mol. The minimum atomic E-state index is 0.0199. The Bertz CT molecular complexity index is 999. The van der Waals surface area contributed by atoms with Gasteiger partial charge in [0.1, 0.15) is 5.82 Å². The van der Waals surface area contributed by atoms with Crippen molar-refractivity contribution in [3.63, 3.8) is 0 Å². The number of nitrogens with one attached hydrogen (secondary N) is 1. The first-order valence-electron chi connectivity index (χ1n) is 9.29. The third-order valence-electron chi connectivity index (χ3n) is 4.73. The molecule has 1 aliphatic heterocycles. The molecule has 1 amide bonds. The van der Waals surface area contributed by atoms with Gasteiger partial charge in [0, 0.05) is 22.8 Å². The van der Waals surface area contributed by atoms with Crippen LogP contribution in [0.25, 0.3) is 5.69 Å². The van der Waals surface area contributed by atoms with Crippen LogP contribution in [0.2, 0.25) is 0 Å². The number of thioether (sulfide) groups is 2. The molecular weight excluding hydrogens is 386 g/mol. The van der Waals surface area contributed by atoms with E-state index in [4.69, 9.17) is 5.10 Å². The average Bonchev–Trinajstić information content (AvgIpc) is 3.26. The number of carbonyl (C=O) groups is 1. The molecule has 1 N–H and O–H groups in total. The zero-order valence-corrected chi connectivity index (χ0v) is 17.7. The molecule has 28 heavy (non-hydrogen) atoms. The summed E-state index contributed by atoms with van der Waals surface area (Å²) in [7, 11) is 0. The number of benzene rings is 2. The predicted molar refractivity (Wildman–Crippen MR) is 119 cm³/mol. The Morgan fingerprint density at radius 3 is 2.79 bits per heavy atom. The summed E-state index contributed by atoms with van der Waals surface area (Å²) in [4.78, 5) is 12.6. The maximum absolute atomic E-state index is 12.6. The van der Waals surface area contributed by atoms with Crippen molar-refractivity contribution >= 4 is 35.2 Å². The van der Waals surface area contributed by atoms with E-state index in [2.05, 4.69) is 49.5 Å². The minimum absolute atomic E-state index is 0.0199. The van der Waals surface area contributed by atoms with Gasteiger partial charge in [-0.15, -0.1) is 11.8 Å². The number of rotatable bonds is 6. The Kier molecular flexibility index (Phi) is 5.78. The second-order valence-corrected chi connectivity index (χ2v) is 8.97. The van der Waals surface area contributed by atoms with Crippen molar-refractivity contribution in [3.05, 3.63) is 76.5 Å². The standard InChI is InChI=1S/C22H23N3OS2/c1-15-8-9-20(16(2)10-15)25-22(18-12-28-13-19(18)24-25)23-21(26)14-27-11-17-6-4-3-5-7-17/h3-10H,11-14H2,1-2H3,(H,23,26). The van der Waals surface area contributed by atoms with Crippen LogP contribution in [0.3, 0.4) is 0 Å². The van der Waals surface area contributed by atoms with Crippen molar-refractivity contribution in [3.8, 4) is 5.69 Å². The van der Waals surface area contributed by atoms with Crippen LogP contribution in [0.5, 0.6) is 0 Å². The van der Waals surface area contributed by atoms with Crippen LogP contribution in [-0.4, -0.2) is 21.4 Å². The van der Waals surface area contributed by atoms with Gasteiger partial charge in [0.05, 0.1) is 17.1 Å². The van der Waals surface area contributed by atoms with Crippen LogP contribution in [0.4, 0.5) is 5.82 Å². The number of fused-ring (bicyclic) bond motifs is 1. The topological polar surface area (TPSA) is 46.9 Å². The number of aromatic nitrogens is 2. The molecule has 0 atom stereocenters. The second kappa shape index (κ2) is 8.45. The molecule has 0 saturated heterocycles. The van der Waals surface area contributed by atoms with Gasteiger partial charge >= 0.3 is 0 Å². The molecule has 0 radical (unpaired) electrons. The van der Waals surface area contributed by atoms with E-state index in [1.807, 2.05) is 34.6 Å². The van der Waals surface area contributed by atoms with Crippen LogP contribution >= 0.6 is 23.5 Å². The third kappa shape index (κ3) is 4.13. The molecule has 3 aromatic rings. The van der Waals surface area contributed by atoms with Gasteiger partial charge in [0.15, 0.2) is 0 Å². The van der Waals surface area contributed by atoms with Gasteiger partial charge in [0.25, 0.3) is 0 Å². The number of carbonyl (C=O) groups excluding carboxylic acids is 1. The summed E-state index contributed by atoms with van der Waals surface area (Å²) in [6, 6.07) is 16.6. The highest BCUT2D eigenvalue weighted by atomic mass is 32.2. The van der Waals surface area contributed by atoms with Gasteiger partial charge in [-0.05, 0) is 31.0 Å². The molecule has 4 nitrogen and oxygen atoms in total. The van der Waals surface area contributed by atoms with Crippen molar-refractivity contribution in [1.82, 2.24) is 9.78 Å². The molecule has 0 fully saturated rings. The molecular formula is C22H23N3OS2. The lowest BCUT2D eigenvalue weighted by Gasteiger charge is -2.13. The number of hydrogen-bond donors (Lipinski definition) is 1. The number of hydrogen-bond acceptors (Lipinski definition) is 4. The molecule has 2 aromatic carbocycles. The summed E-state index contributed by atoms with van der Waals surface area (Å²) in [5.41, 5.74) is 6.88. The third-order valence-corrected chi connectivity index (χ3v) is 6.71. The minimum Gasteiger partial charge on any atom is -0.310 e. The highest BCUT2D eigenvalue weighted by Crippen LogP contribution is 2.36. The van der Waals surface area contributed by atoms with Crippen LogP contribution in [-0.2, 0) is 22.1 Å². The Balaban J connectivity index is 1.51. The Labute approximate surface area is 174 Å². The maximum atomic E-state index is 12.6. The van der Waals surface area contributed by atoms with E-state index in [1.165, 1.54) is 11.1 Å². The van der Waals surface area contributed by atoms with Gasteiger partial charge in [-0.3, -0.25) is 4.79 Å². The Hall–Kier alpha value is -2.18. The molecule has 0 saturated carbocycles. The van der Waals surface area contributed by atoms with E-state index in [0.717, 1.165) is 45.6 Å². The van der Waals surface area contributed by atoms with E-state index in [9.17, 15) is 4.79 Å². The van der Waals surface area contributed by atoms with Gasteiger partial charge in [-0.1, -0.05) is 48.0 Å². The first-order valence-corrected chi connectivity index (χ1v) is 11.6. The molecule has 0 bridgehead atoms. The first kappa shape index (κ1) is 19.2. The SMILES string of the molecule is Cc1ccc(-n2nc3c(c2NC(=O)CSCc2ccccc2)CSC3)c(C)c1. The van der Waals surface area contributed by atoms with Crippen LogP contribution in [0.1, 0.15) is 27.9 Å². The van der Waals surface area contributed by atoms with E-state index in [0.29, 0.717) is 5.75 Å². The predicted octanol–water partition coefficient (Wildman–Crippen LogP) is 5.11. The summed E-state index contributed by atoms with van der Waals surface area (Å²) in [6.07, 6.45) is 0. The van der Waals surface area contributed by atoms with Gasteiger partial charge < -0.3 is 5.32 Å². The Morgan fingerprint density at radius 1 is 1.18 bits per heavy atom. The Morgan fingerprint density at radius 2 is 2.00 bits per heavy atom. The fourth-order valence-corrected chi connectivity index (χ4v) is 5.19. The van der Waals surface area contributed by atoms with Crippen LogP contribution in [0.15, 0.2) is 48.5 Å². The van der Waals surface area contributed by atoms with E-state index < -0.39 is 0 Å². The lowest BCUT2D eigenvalue weighted by molar-refractivity contribution is -0.113. The van der Waals surface area contributed by atoms with Gasteiger partial charge in [0.2, 0.25) is 5.91 Å². The second-order valence-electron chi connectivity index (χ2n) is 6.99. The molecule has 1 aliphatic rings. The lowest BCUT2D eigenvalue weighted by atomic mass is 10.1. The molecule has 0 spiro atoms. The van der Waals surface area contributed by atoms with Crippen molar-refractivity contribution in [2.24, 2.45) is 0 Å². The molecule has 4 rings (SSSR count). The summed E-state index contributed by atoms with van der Waals surface area (Å²) in [5, 5.41) is 7.95. The van der Waals surface area contributed by atoms with Crippen molar-refractivity contribution in [2.75, 3.05) is 11.1 Å². The fraction of sp³-hybridized carbons (Fsp3) is 0.273. The van der Waals surface area contributed by atoms with Crippen molar-refractivity contribution in [1.29, 1.82) is 0 Å². The normalized spacial score (nSPS) is 12.8. The molecule has 2 heterocycles. The van der Waals surface area contributed by atoms with Crippen LogP contribution < -0.4 is 5.32 Å². The first-order chi connectivity index (χ1) is 13.6. The number of anilines is 1. The molecule has 0 unspecified atom stereocenters. The zero-order valence-electron chi connectivity index (χ0n) is 16.1. The fourth-order valence-electron chi connectivity index (χ4n) is 3.36. The smallest absolute Gasteiger partial charge is 0.235 e. The summed E-state index contributed by atoms with van der Waals surface area (Å²) in [6.45, 7) is 4.17. The van der Waals surface area contributed by atoms with Gasteiger partial charge in [-0.2, -0.15) is 16.9 Å². The van der Waals surface area contributed by atoms with E-state index >= 15 is 0 Å². The van der Waals surface area contributed by atoms with E-state index in [1.54, 1.807) is 11.8 Å². The zero-order chi connectivity index (χ0) is 19.5. The summed E-state index contributed by atoms with van der Waals surface area (Å²) < 4.78 is 1.92. The summed E-state index contributed by atoms with van der Waals surface area (Å²) in [5.74, 6) is 3.91. The largest absolute Gasteiger partial charge is 0.310 e. The van der Waals surface area contributed by atoms with Crippen molar-refractivity contribution < 1.29 is 4.79 Å². The molecule has 6 heteroatoms. The number of aryl methyl sites for hydroxylation is 2. The monoisotopic (exact) mass is 409 g/mol. The van der Waals surface area contributed by atoms with E-state index in [-0.39, 0.29) is 5.91 Å².